The van der Waals surface area contributed by atoms with Crippen LogP contribution in [0.5, 0.6) is 0 Å². The molecule has 1 aliphatic heterocycles. The smallest absolute Gasteiger partial charge is 0.111 e. The highest BCUT2D eigenvalue weighted by Gasteiger charge is 2.19. The van der Waals surface area contributed by atoms with Crippen molar-refractivity contribution >= 4 is 23.1 Å². The molecule has 15 heavy (non-hydrogen) atoms. The van der Waals surface area contributed by atoms with E-state index in [1.54, 1.807) is 0 Å². The summed E-state index contributed by atoms with van der Waals surface area (Å²) >= 11 is 3.84. The molecule has 2 unspecified atom stereocenters. The van der Waals surface area contributed by atoms with Gasteiger partial charge in [-0.3, -0.25) is 0 Å². The molecule has 0 radical (unpaired) electrons. The molecule has 84 valence electrons. The van der Waals surface area contributed by atoms with E-state index in [-0.39, 0.29) is 0 Å². The predicted molar refractivity (Wildman–Crippen MR) is 68.9 cm³/mol. The Morgan fingerprint density at radius 2 is 2.53 bits per heavy atom. The number of nitrogens with one attached hydrogen (secondary N) is 1. The minimum atomic E-state index is 0.492. The lowest BCUT2D eigenvalue weighted by Gasteiger charge is -2.20. The number of hydrogen-bond donors (Lipinski definition) is 1. The molecule has 0 aliphatic carbocycles. The minimum absolute atomic E-state index is 0.492. The van der Waals surface area contributed by atoms with E-state index in [0.29, 0.717) is 12.0 Å². The summed E-state index contributed by atoms with van der Waals surface area (Å²) < 4.78 is 0. The summed E-state index contributed by atoms with van der Waals surface area (Å²) in [4.78, 5) is 4.75. The Kier molecular flexibility index (Phi) is 4.05. The van der Waals surface area contributed by atoms with Crippen LogP contribution in [0, 0.1) is 0 Å². The van der Waals surface area contributed by atoms with Crippen LogP contribution in [0.4, 0.5) is 0 Å². The second-order valence-electron chi connectivity index (χ2n) is 4.00. The average molecular weight is 242 g/mol. The van der Waals surface area contributed by atoms with Gasteiger partial charge < -0.3 is 5.32 Å². The van der Waals surface area contributed by atoms with Gasteiger partial charge in [-0.05, 0) is 12.3 Å². The van der Waals surface area contributed by atoms with Crippen LogP contribution >= 0.6 is 23.1 Å². The van der Waals surface area contributed by atoms with E-state index in [0.717, 1.165) is 6.54 Å². The zero-order chi connectivity index (χ0) is 10.7. The first-order chi connectivity index (χ1) is 7.31. The summed E-state index contributed by atoms with van der Waals surface area (Å²) in [6.45, 7) is 5.59. The van der Waals surface area contributed by atoms with Crippen molar-refractivity contribution in [3.8, 4) is 0 Å². The highest BCUT2D eigenvalue weighted by atomic mass is 32.2. The predicted octanol–water partition coefficient (Wildman–Crippen LogP) is 3.03. The third-order valence-electron chi connectivity index (χ3n) is 2.88. The van der Waals surface area contributed by atoms with Crippen molar-refractivity contribution in [3.05, 3.63) is 16.1 Å². The molecule has 4 heteroatoms. The largest absolute Gasteiger partial charge is 0.306 e. The number of thiazole rings is 1. The van der Waals surface area contributed by atoms with Gasteiger partial charge in [0.1, 0.15) is 5.01 Å². The van der Waals surface area contributed by atoms with E-state index in [9.17, 15) is 0 Å². The van der Waals surface area contributed by atoms with Crippen LogP contribution in [-0.2, 0) is 0 Å². The average Bonchev–Trinajstić information content (AvgIpc) is 2.78. The normalized spacial score (nSPS) is 24.0. The van der Waals surface area contributed by atoms with Crippen molar-refractivity contribution in [2.45, 2.75) is 32.2 Å². The monoisotopic (exact) mass is 242 g/mol. The maximum atomic E-state index is 4.75. The van der Waals surface area contributed by atoms with Crippen LogP contribution in [0.3, 0.4) is 0 Å². The van der Waals surface area contributed by atoms with Crippen molar-refractivity contribution in [2.75, 3.05) is 18.1 Å². The maximum absolute atomic E-state index is 4.75. The second kappa shape index (κ2) is 5.32. The lowest BCUT2D eigenvalue weighted by Crippen LogP contribution is -2.30. The van der Waals surface area contributed by atoms with E-state index in [1.807, 2.05) is 23.1 Å². The summed E-state index contributed by atoms with van der Waals surface area (Å²) in [6, 6.07) is 0.492. The third-order valence-corrected chi connectivity index (χ3v) is 4.92. The quantitative estimate of drug-likeness (QED) is 0.882. The molecular formula is C11H18N2S2. The van der Waals surface area contributed by atoms with Crippen LogP contribution in [0.2, 0.25) is 0 Å². The van der Waals surface area contributed by atoms with Crippen molar-refractivity contribution in [1.29, 1.82) is 0 Å². The molecule has 0 spiro atoms. The SMILES string of the molecule is CCC(C)c1csc(C2CSCCN2)n1. The standard InChI is InChI=1S/C11H18N2S2/c1-3-8(2)9-7-15-11(13-9)10-6-14-5-4-12-10/h7-8,10,12H,3-6H2,1-2H3. The Balaban J connectivity index is 2.05. The van der Waals surface area contributed by atoms with Gasteiger partial charge in [-0.15, -0.1) is 11.3 Å². The number of aromatic nitrogens is 1. The van der Waals surface area contributed by atoms with Crippen molar-refractivity contribution < 1.29 is 0 Å². The topological polar surface area (TPSA) is 24.9 Å². The molecule has 2 rings (SSSR count). The van der Waals surface area contributed by atoms with Crippen molar-refractivity contribution in [1.82, 2.24) is 10.3 Å². The van der Waals surface area contributed by atoms with Gasteiger partial charge in [0.2, 0.25) is 0 Å². The zero-order valence-electron chi connectivity index (χ0n) is 9.32. The van der Waals surface area contributed by atoms with Gasteiger partial charge in [-0.1, -0.05) is 13.8 Å². The Hall–Kier alpha value is -0.0600. The lowest BCUT2D eigenvalue weighted by atomic mass is 10.1. The first kappa shape index (κ1) is 11.4. The molecule has 1 aliphatic rings. The first-order valence-electron chi connectivity index (χ1n) is 5.57. The molecule has 2 nitrogen and oxygen atoms in total. The summed E-state index contributed by atoms with van der Waals surface area (Å²) in [5.74, 6) is 3.01. The Morgan fingerprint density at radius 3 is 3.20 bits per heavy atom. The highest BCUT2D eigenvalue weighted by molar-refractivity contribution is 7.99. The van der Waals surface area contributed by atoms with Crippen LogP contribution in [0.15, 0.2) is 5.38 Å². The number of rotatable bonds is 3. The fraction of sp³-hybridized carbons (Fsp3) is 0.727. The van der Waals surface area contributed by atoms with Crippen molar-refractivity contribution in [2.24, 2.45) is 0 Å². The van der Waals surface area contributed by atoms with Gasteiger partial charge >= 0.3 is 0 Å². The molecule has 1 aromatic rings. The molecule has 2 heterocycles. The zero-order valence-corrected chi connectivity index (χ0v) is 11.0. The summed E-state index contributed by atoms with van der Waals surface area (Å²) in [5.41, 5.74) is 1.27. The van der Waals surface area contributed by atoms with Crippen LogP contribution in [0.25, 0.3) is 0 Å². The Bertz CT molecular complexity index is 305. The van der Waals surface area contributed by atoms with Crippen LogP contribution in [-0.4, -0.2) is 23.0 Å². The van der Waals surface area contributed by atoms with Gasteiger partial charge in [0.15, 0.2) is 0 Å². The molecule has 1 saturated heterocycles. The van der Waals surface area contributed by atoms with Gasteiger partial charge in [0.05, 0.1) is 11.7 Å². The molecule has 1 aromatic heterocycles. The summed E-state index contributed by atoms with van der Waals surface area (Å²) in [7, 11) is 0. The Morgan fingerprint density at radius 1 is 1.67 bits per heavy atom. The lowest BCUT2D eigenvalue weighted by molar-refractivity contribution is 0.587. The van der Waals surface area contributed by atoms with E-state index in [1.165, 1.54) is 28.6 Å². The first-order valence-corrected chi connectivity index (χ1v) is 7.61. The molecular weight excluding hydrogens is 224 g/mol. The molecule has 1 fully saturated rings. The third kappa shape index (κ3) is 2.74. The van der Waals surface area contributed by atoms with Crippen LogP contribution < -0.4 is 5.32 Å². The molecule has 0 aromatic carbocycles. The highest BCUT2D eigenvalue weighted by Crippen LogP contribution is 2.27. The van der Waals surface area contributed by atoms with Gasteiger partial charge in [0, 0.05) is 23.4 Å². The van der Waals surface area contributed by atoms with E-state index < -0.39 is 0 Å². The molecule has 1 N–H and O–H groups in total. The van der Waals surface area contributed by atoms with Crippen molar-refractivity contribution in [3.63, 3.8) is 0 Å². The summed E-state index contributed by atoms with van der Waals surface area (Å²) in [5, 5.41) is 7.03. The van der Waals surface area contributed by atoms with E-state index >= 15 is 0 Å². The Labute approximate surface area is 99.9 Å². The minimum Gasteiger partial charge on any atom is -0.306 e. The molecule has 2 atom stereocenters. The maximum Gasteiger partial charge on any atom is 0.111 e. The number of thioether (sulfide) groups is 1. The molecule has 0 bridgehead atoms. The van der Waals surface area contributed by atoms with E-state index in [2.05, 4.69) is 24.5 Å². The van der Waals surface area contributed by atoms with Gasteiger partial charge in [-0.25, -0.2) is 4.98 Å². The molecule has 0 amide bonds. The van der Waals surface area contributed by atoms with Crippen LogP contribution in [0.1, 0.15) is 42.9 Å². The molecule has 0 saturated carbocycles. The van der Waals surface area contributed by atoms with Gasteiger partial charge in [-0.2, -0.15) is 11.8 Å². The number of nitrogens with zero attached hydrogens (tertiary/aromatic N) is 1. The fourth-order valence-electron chi connectivity index (χ4n) is 1.62. The second-order valence-corrected chi connectivity index (χ2v) is 6.04. The fourth-order valence-corrected chi connectivity index (χ4v) is 3.68. The van der Waals surface area contributed by atoms with E-state index in [4.69, 9.17) is 4.98 Å². The number of hydrogen-bond acceptors (Lipinski definition) is 4. The summed E-state index contributed by atoms with van der Waals surface area (Å²) in [6.07, 6.45) is 1.18. The van der Waals surface area contributed by atoms with Gasteiger partial charge in [0.25, 0.3) is 0 Å².